The van der Waals surface area contributed by atoms with Gasteiger partial charge in [-0.1, -0.05) is 0 Å². The predicted molar refractivity (Wildman–Crippen MR) is 49.3 cm³/mol. The Balaban J connectivity index is 3.58. The summed E-state index contributed by atoms with van der Waals surface area (Å²) in [5.74, 6) is -1.84. The van der Waals surface area contributed by atoms with E-state index in [2.05, 4.69) is 0 Å². The van der Waals surface area contributed by atoms with Crippen LogP contribution in [0.1, 0.15) is 22.7 Å². The molecule has 1 atom stereocenters. The van der Waals surface area contributed by atoms with E-state index in [1.54, 1.807) is 0 Å². The van der Waals surface area contributed by atoms with Gasteiger partial charge in [0.15, 0.2) is 0 Å². The zero-order chi connectivity index (χ0) is 15.0. The molecule has 1 aromatic carbocycles. The fourth-order valence-corrected chi connectivity index (χ4v) is 1.47. The van der Waals surface area contributed by atoms with E-state index in [9.17, 15) is 35.1 Å². The second-order valence-corrected chi connectivity index (χ2v) is 3.68. The summed E-state index contributed by atoms with van der Waals surface area (Å²) in [7, 11) is 0. The van der Waals surface area contributed by atoms with E-state index in [1.807, 2.05) is 0 Å². The molecular weight excluding hydrogens is 286 g/mol. The quantitative estimate of drug-likeness (QED) is 0.824. The summed E-state index contributed by atoms with van der Waals surface area (Å²) < 4.78 is 100. The summed E-state index contributed by atoms with van der Waals surface area (Å²) in [6, 6.07) is -2.41. The number of benzene rings is 1. The molecule has 9 heteroatoms. The zero-order valence-corrected chi connectivity index (χ0v) is 9.04. The van der Waals surface area contributed by atoms with Crippen molar-refractivity contribution in [2.45, 2.75) is 18.4 Å². The molecule has 0 aliphatic rings. The first-order valence-corrected chi connectivity index (χ1v) is 4.78. The lowest BCUT2D eigenvalue weighted by Gasteiger charge is -2.19. The molecule has 1 nitrogen and oxygen atoms in total. The summed E-state index contributed by atoms with van der Waals surface area (Å²) in [6.45, 7) is -1.54. The Hall–Kier alpha value is -1.38. The second kappa shape index (κ2) is 4.95. The van der Waals surface area contributed by atoms with Crippen LogP contribution in [0, 0.1) is 5.82 Å². The van der Waals surface area contributed by atoms with Crippen molar-refractivity contribution in [3.63, 3.8) is 0 Å². The summed E-state index contributed by atoms with van der Waals surface area (Å²) >= 11 is 0. The Morgan fingerprint density at radius 1 is 1.00 bits per heavy atom. The lowest BCUT2D eigenvalue weighted by molar-refractivity contribution is -0.144. The molecule has 1 rings (SSSR count). The van der Waals surface area contributed by atoms with Crippen LogP contribution in [0.4, 0.5) is 35.1 Å². The highest BCUT2D eigenvalue weighted by molar-refractivity contribution is 5.38. The van der Waals surface area contributed by atoms with Crippen LogP contribution >= 0.6 is 0 Å². The molecule has 1 aromatic rings. The van der Waals surface area contributed by atoms with Gasteiger partial charge in [-0.2, -0.15) is 26.3 Å². The van der Waals surface area contributed by atoms with Crippen molar-refractivity contribution in [2.24, 2.45) is 5.73 Å². The van der Waals surface area contributed by atoms with Gasteiger partial charge in [0.2, 0.25) is 0 Å². The molecule has 0 unspecified atom stereocenters. The van der Waals surface area contributed by atoms with Crippen molar-refractivity contribution in [3.8, 4) is 0 Å². The van der Waals surface area contributed by atoms with Crippen LogP contribution < -0.4 is 5.73 Å². The highest BCUT2D eigenvalue weighted by atomic mass is 19.4. The minimum Gasteiger partial charge on any atom is -0.322 e. The van der Waals surface area contributed by atoms with E-state index in [4.69, 9.17) is 5.73 Å². The van der Waals surface area contributed by atoms with Crippen LogP contribution in [0.5, 0.6) is 0 Å². The van der Waals surface area contributed by atoms with Gasteiger partial charge in [-0.15, -0.1) is 0 Å². The van der Waals surface area contributed by atoms with Crippen molar-refractivity contribution < 1.29 is 35.1 Å². The van der Waals surface area contributed by atoms with Gasteiger partial charge < -0.3 is 5.73 Å². The number of alkyl halides is 7. The molecule has 19 heavy (non-hydrogen) atoms. The van der Waals surface area contributed by atoms with Crippen molar-refractivity contribution in [1.29, 1.82) is 0 Å². The zero-order valence-electron chi connectivity index (χ0n) is 9.04. The lowest BCUT2D eigenvalue weighted by atomic mass is 9.97. The first-order chi connectivity index (χ1) is 8.48. The summed E-state index contributed by atoms with van der Waals surface area (Å²) in [5, 5.41) is 0. The Morgan fingerprint density at radius 3 is 1.89 bits per heavy atom. The molecule has 0 aromatic heterocycles. The number of rotatable bonds is 2. The number of nitrogens with two attached hydrogens (primary N) is 1. The Morgan fingerprint density at radius 2 is 1.53 bits per heavy atom. The first kappa shape index (κ1) is 15.7. The fourth-order valence-electron chi connectivity index (χ4n) is 1.47. The van der Waals surface area contributed by atoms with Gasteiger partial charge in [-0.25, -0.2) is 8.78 Å². The number of halogens is 8. The summed E-state index contributed by atoms with van der Waals surface area (Å²) in [6.07, 6.45) is -10.4. The van der Waals surface area contributed by atoms with Gasteiger partial charge in [-0.05, 0) is 12.1 Å². The largest absolute Gasteiger partial charge is 0.416 e. The maximum absolute atomic E-state index is 13.4. The maximum atomic E-state index is 13.4. The summed E-state index contributed by atoms with van der Waals surface area (Å²) in [5.41, 5.74) is -0.1000. The molecule has 0 saturated heterocycles. The van der Waals surface area contributed by atoms with Gasteiger partial charge in [0, 0.05) is 5.56 Å². The molecule has 0 bridgehead atoms. The Kier molecular flexibility index (Phi) is 4.08. The molecule has 0 radical (unpaired) electrons. The highest BCUT2D eigenvalue weighted by Gasteiger charge is 2.40. The van der Waals surface area contributed by atoms with Crippen LogP contribution in [0.25, 0.3) is 0 Å². The molecule has 0 heterocycles. The standard InChI is InChI=1S/C10H7F8N/c11-3-7(19)8-5(10(16,17)18)1-4(2-6(8)12)9(13,14)15/h1-2,7H,3,19H2/t7-/m1/s1. The van der Waals surface area contributed by atoms with Crippen LogP contribution in [0.15, 0.2) is 12.1 Å². The third-order valence-electron chi connectivity index (χ3n) is 2.30. The van der Waals surface area contributed by atoms with Crippen molar-refractivity contribution in [1.82, 2.24) is 0 Å². The molecule has 0 aliphatic carbocycles. The van der Waals surface area contributed by atoms with Gasteiger partial charge in [0.1, 0.15) is 12.5 Å². The molecular formula is C10H7F8N. The van der Waals surface area contributed by atoms with Gasteiger partial charge >= 0.3 is 12.4 Å². The number of hydrogen-bond donors (Lipinski definition) is 1. The third-order valence-corrected chi connectivity index (χ3v) is 2.30. The van der Waals surface area contributed by atoms with E-state index < -0.39 is 47.6 Å². The molecule has 0 fully saturated rings. The normalized spacial score (nSPS) is 14.6. The lowest BCUT2D eigenvalue weighted by Crippen LogP contribution is -2.22. The SMILES string of the molecule is N[C@H](CF)c1c(F)cc(C(F)(F)F)cc1C(F)(F)F. The molecule has 0 saturated carbocycles. The molecule has 0 spiro atoms. The fraction of sp³-hybridized carbons (Fsp3) is 0.400. The van der Waals surface area contributed by atoms with E-state index in [-0.39, 0.29) is 12.1 Å². The van der Waals surface area contributed by atoms with E-state index >= 15 is 0 Å². The monoisotopic (exact) mass is 293 g/mol. The van der Waals surface area contributed by atoms with E-state index in [0.29, 0.717) is 0 Å². The minimum atomic E-state index is -5.27. The van der Waals surface area contributed by atoms with Crippen LogP contribution in [0.3, 0.4) is 0 Å². The number of hydrogen-bond acceptors (Lipinski definition) is 1. The smallest absolute Gasteiger partial charge is 0.322 e. The van der Waals surface area contributed by atoms with Crippen LogP contribution in [-0.2, 0) is 12.4 Å². The van der Waals surface area contributed by atoms with Gasteiger partial charge in [-0.3, -0.25) is 0 Å². The van der Waals surface area contributed by atoms with Gasteiger partial charge in [0.05, 0.1) is 17.2 Å². The van der Waals surface area contributed by atoms with Gasteiger partial charge in [0.25, 0.3) is 0 Å². The van der Waals surface area contributed by atoms with Crippen molar-refractivity contribution in [3.05, 3.63) is 34.6 Å². The predicted octanol–water partition coefficient (Wildman–Crippen LogP) is 3.83. The first-order valence-electron chi connectivity index (χ1n) is 4.78. The average molecular weight is 293 g/mol. The molecule has 2 N–H and O–H groups in total. The Bertz CT molecular complexity index is 462. The average Bonchev–Trinajstić information content (AvgIpc) is 2.24. The molecule has 0 aliphatic heterocycles. The highest BCUT2D eigenvalue weighted by Crippen LogP contribution is 2.40. The second-order valence-electron chi connectivity index (χ2n) is 3.68. The topological polar surface area (TPSA) is 26.0 Å². The molecule has 108 valence electrons. The van der Waals surface area contributed by atoms with Crippen molar-refractivity contribution >= 4 is 0 Å². The third kappa shape index (κ3) is 3.34. The Labute approximate surface area is 102 Å². The van der Waals surface area contributed by atoms with Crippen LogP contribution in [-0.4, -0.2) is 6.67 Å². The summed E-state index contributed by atoms with van der Waals surface area (Å²) in [4.78, 5) is 0. The maximum Gasteiger partial charge on any atom is 0.416 e. The molecule has 0 amide bonds. The van der Waals surface area contributed by atoms with E-state index in [0.717, 1.165) is 0 Å². The van der Waals surface area contributed by atoms with Crippen molar-refractivity contribution in [2.75, 3.05) is 6.67 Å². The van der Waals surface area contributed by atoms with Crippen LogP contribution in [0.2, 0.25) is 0 Å². The minimum absolute atomic E-state index is 0.139. The van der Waals surface area contributed by atoms with E-state index in [1.165, 1.54) is 0 Å².